The largest absolute Gasteiger partial charge is 0.508 e. The zero-order valence-electron chi connectivity index (χ0n) is 11.6. The molecule has 0 N–H and O–H groups in total. The minimum absolute atomic E-state index is 0.0725. The number of ether oxygens (including phenoxy) is 2. The van der Waals surface area contributed by atoms with Crippen LogP contribution in [-0.4, -0.2) is 18.9 Å². The van der Waals surface area contributed by atoms with Crippen LogP contribution in [0.1, 0.15) is 43.7 Å². The molecule has 1 aliphatic heterocycles. The Kier molecular flexibility index (Phi) is 5.25. The summed E-state index contributed by atoms with van der Waals surface area (Å²) in [6.07, 6.45) is 6.16. The third-order valence-corrected chi connectivity index (χ3v) is 3.50. The maximum atomic E-state index is 10.8. The maximum Gasteiger partial charge on any atom is 0.508 e. The Balaban J connectivity index is 1.73. The van der Waals surface area contributed by atoms with Gasteiger partial charge in [-0.2, -0.15) is 0 Å². The Hall–Kier alpha value is -1.51. The van der Waals surface area contributed by atoms with E-state index in [1.807, 2.05) is 0 Å². The number of unbranched alkanes of at least 4 members (excludes halogenated alkanes) is 2. The molecule has 0 bridgehead atoms. The number of rotatable bonds is 7. The van der Waals surface area contributed by atoms with Crippen LogP contribution >= 0.6 is 0 Å². The molecule has 104 valence electrons. The van der Waals surface area contributed by atoms with Gasteiger partial charge in [-0.25, -0.2) is 4.79 Å². The molecule has 1 saturated heterocycles. The summed E-state index contributed by atoms with van der Waals surface area (Å²) >= 11 is 0. The van der Waals surface area contributed by atoms with Crippen LogP contribution in [0, 0.1) is 0 Å². The first-order chi connectivity index (χ1) is 9.28. The summed E-state index contributed by atoms with van der Waals surface area (Å²) in [6.45, 7) is 2.62. The quantitative estimate of drug-likeness (QED) is 0.552. The van der Waals surface area contributed by atoms with Crippen molar-refractivity contribution in [3.8, 4) is 0 Å². The highest BCUT2D eigenvalue weighted by molar-refractivity contribution is 5.61. The topological polar surface area (TPSA) is 35.5 Å². The molecule has 3 heteroatoms. The van der Waals surface area contributed by atoms with Gasteiger partial charge in [0.05, 0.1) is 0 Å². The van der Waals surface area contributed by atoms with E-state index in [-0.39, 0.29) is 6.10 Å². The van der Waals surface area contributed by atoms with Crippen LogP contribution in [0.5, 0.6) is 0 Å². The van der Waals surface area contributed by atoms with Crippen LogP contribution in [0.3, 0.4) is 0 Å². The van der Waals surface area contributed by atoms with Gasteiger partial charge < -0.3 is 9.47 Å². The van der Waals surface area contributed by atoms with E-state index in [0.717, 1.165) is 12.8 Å². The van der Waals surface area contributed by atoms with Crippen LogP contribution in [0.4, 0.5) is 4.79 Å². The van der Waals surface area contributed by atoms with Crippen molar-refractivity contribution >= 4 is 6.16 Å². The molecule has 2 rings (SSSR count). The molecule has 0 aliphatic carbocycles. The number of benzene rings is 1. The van der Waals surface area contributed by atoms with Gasteiger partial charge in [-0.15, -0.1) is 0 Å². The summed E-state index contributed by atoms with van der Waals surface area (Å²) < 4.78 is 9.78. The van der Waals surface area contributed by atoms with Crippen molar-refractivity contribution in [1.29, 1.82) is 0 Å². The lowest BCUT2D eigenvalue weighted by Crippen LogP contribution is -2.10. The predicted octanol–water partition coefficient (Wildman–Crippen LogP) is 3.89. The lowest BCUT2D eigenvalue weighted by atomic mass is 10.0. The summed E-state index contributed by atoms with van der Waals surface area (Å²) in [5, 5.41) is 0. The van der Waals surface area contributed by atoms with Crippen molar-refractivity contribution in [2.45, 2.75) is 51.6 Å². The van der Waals surface area contributed by atoms with Gasteiger partial charge >= 0.3 is 6.16 Å². The molecule has 0 saturated carbocycles. The second kappa shape index (κ2) is 7.17. The molecule has 1 aromatic rings. The van der Waals surface area contributed by atoms with Crippen molar-refractivity contribution in [2.75, 3.05) is 6.61 Å². The number of hydrogen-bond donors (Lipinski definition) is 0. The van der Waals surface area contributed by atoms with Gasteiger partial charge in [0.15, 0.2) is 0 Å². The van der Waals surface area contributed by atoms with E-state index in [1.54, 1.807) is 0 Å². The second-order valence-corrected chi connectivity index (χ2v) is 5.11. The van der Waals surface area contributed by atoms with E-state index in [4.69, 9.17) is 9.47 Å². The molecular weight excluding hydrogens is 240 g/mol. The average Bonchev–Trinajstić information content (AvgIpc) is 2.84. The number of aryl methyl sites for hydroxylation is 2. The Labute approximate surface area is 114 Å². The molecule has 1 aromatic carbocycles. The fourth-order valence-electron chi connectivity index (χ4n) is 2.29. The minimum Gasteiger partial charge on any atom is -0.430 e. The molecule has 0 amide bonds. The van der Waals surface area contributed by atoms with E-state index < -0.39 is 6.16 Å². The number of hydrogen-bond acceptors (Lipinski definition) is 3. The van der Waals surface area contributed by atoms with Gasteiger partial charge in [0, 0.05) is 0 Å². The number of carbonyl (C=O) groups is 1. The lowest BCUT2D eigenvalue weighted by molar-refractivity contribution is 0.116. The fourth-order valence-corrected chi connectivity index (χ4v) is 2.29. The molecule has 1 atom stereocenters. The van der Waals surface area contributed by atoms with Gasteiger partial charge in [0.1, 0.15) is 12.7 Å². The smallest absolute Gasteiger partial charge is 0.430 e. The maximum absolute atomic E-state index is 10.8. The molecule has 1 unspecified atom stereocenters. The fraction of sp³-hybridized carbons (Fsp3) is 0.562. The molecular formula is C16H22O3. The third-order valence-electron chi connectivity index (χ3n) is 3.50. The summed E-state index contributed by atoms with van der Waals surface area (Å²) in [5.41, 5.74) is 2.70. The summed E-state index contributed by atoms with van der Waals surface area (Å²) in [7, 11) is 0. The highest BCUT2D eigenvalue weighted by Gasteiger charge is 2.24. The Morgan fingerprint density at radius 2 is 1.79 bits per heavy atom. The first kappa shape index (κ1) is 13.9. The Morgan fingerprint density at radius 3 is 2.37 bits per heavy atom. The van der Waals surface area contributed by atoms with Crippen molar-refractivity contribution in [2.24, 2.45) is 0 Å². The third kappa shape index (κ3) is 4.58. The van der Waals surface area contributed by atoms with E-state index in [9.17, 15) is 4.79 Å². The highest BCUT2D eigenvalue weighted by atomic mass is 16.8. The first-order valence-corrected chi connectivity index (χ1v) is 7.19. The number of cyclic esters (lactones) is 2. The van der Waals surface area contributed by atoms with E-state index in [0.29, 0.717) is 6.61 Å². The van der Waals surface area contributed by atoms with Gasteiger partial charge in [-0.1, -0.05) is 44.0 Å². The van der Waals surface area contributed by atoms with Crippen LogP contribution in [0.25, 0.3) is 0 Å². The summed E-state index contributed by atoms with van der Waals surface area (Å²) in [4.78, 5) is 10.8. The van der Waals surface area contributed by atoms with Crippen LogP contribution in [0.2, 0.25) is 0 Å². The monoisotopic (exact) mass is 262 g/mol. The van der Waals surface area contributed by atoms with E-state index >= 15 is 0 Å². The Morgan fingerprint density at radius 1 is 1.11 bits per heavy atom. The van der Waals surface area contributed by atoms with E-state index in [1.165, 1.54) is 36.8 Å². The molecule has 1 fully saturated rings. The second-order valence-electron chi connectivity index (χ2n) is 5.11. The van der Waals surface area contributed by atoms with Crippen LogP contribution < -0.4 is 0 Å². The van der Waals surface area contributed by atoms with Gasteiger partial charge in [-0.05, 0) is 36.8 Å². The van der Waals surface area contributed by atoms with Crippen molar-refractivity contribution in [1.82, 2.24) is 0 Å². The zero-order valence-corrected chi connectivity index (χ0v) is 11.6. The summed E-state index contributed by atoms with van der Waals surface area (Å²) in [5.74, 6) is 0. The molecule has 3 nitrogen and oxygen atoms in total. The molecule has 19 heavy (non-hydrogen) atoms. The van der Waals surface area contributed by atoms with Crippen molar-refractivity contribution < 1.29 is 14.3 Å². The minimum atomic E-state index is -0.531. The lowest BCUT2D eigenvalue weighted by Gasteiger charge is -2.07. The van der Waals surface area contributed by atoms with E-state index in [2.05, 4.69) is 31.2 Å². The number of carbonyl (C=O) groups excluding carboxylic acids is 1. The normalized spacial score (nSPS) is 18.2. The van der Waals surface area contributed by atoms with Crippen molar-refractivity contribution in [3.63, 3.8) is 0 Å². The van der Waals surface area contributed by atoms with Gasteiger partial charge in [0.2, 0.25) is 0 Å². The van der Waals surface area contributed by atoms with Crippen LogP contribution in [-0.2, 0) is 22.3 Å². The zero-order chi connectivity index (χ0) is 13.5. The highest BCUT2D eigenvalue weighted by Crippen LogP contribution is 2.15. The standard InChI is InChI=1S/C16H22O3/c1-2-3-4-5-13-6-8-14(9-7-13)10-11-15-12-18-16(17)19-15/h6-9,15H,2-5,10-12H2,1H3. The SMILES string of the molecule is CCCCCc1ccc(CCC2COC(=O)O2)cc1. The molecule has 0 aromatic heterocycles. The van der Waals surface area contributed by atoms with Gasteiger partial charge in [0.25, 0.3) is 0 Å². The predicted molar refractivity (Wildman–Crippen MR) is 74.2 cm³/mol. The van der Waals surface area contributed by atoms with Gasteiger partial charge in [-0.3, -0.25) is 0 Å². The molecule has 1 aliphatic rings. The Bertz CT molecular complexity index is 397. The molecule has 1 heterocycles. The van der Waals surface area contributed by atoms with Crippen LogP contribution in [0.15, 0.2) is 24.3 Å². The average molecular weight is 262 g/mol. The van der Waals surface area contributed by atoms with Crippen molar-refractivity contribution in [3.05, 3.63) is 35.4 Å². The molecule has 0 radical (unpaired) electrons. The summed E-state index contributed by atoms with van der Waals surface area (Å²) in [6, 6.07) is 8.78. The molecule has 0 spiro atoms. The first-order valence-electron chi connectivity index (χ1n) is 7.19.